The number of carbonyl (C=O) groups excluding carboxylic acids is 2. The Balaban J connectivity index is 2.00. The van der Waals surface area contributed by atoms with Crippen molar-refractivity contribution in [2.75, 3.05) is 13.1 Å². The molecule has 1 aromatic carbocycles. The number of likely N-dealkylation sites (tertiary alicyclic amines) is 1. The zero-order valence-electron chi connectivity index (χ0n) is 16.3. The highest BCUT2D eigenvalue weighted by Crippen LogP contribution is 2.32. The monoisotopic (exact) mass is 362 g/mol. The molecule has 1 fully saturated rings. The molecule has 2 rings (SSSR count). The third kappa shape index (κ3) is 4.97. The minimum Gasteiger partial charge on any atom is -0.444 e. The molecule has 2 amide bonds. The van der Waals surface area contributed by atoms with Crippen molar-refractivity contribution in [3.05, 3.63) is 34.9 Å². The summed E-state index contributed by atoms with van der Waals surface area (Å²) in [4.78, 5) is 25.7. The van der Waals surface area contributed by atoms with Gasteiger partial charge in [-0.15, -0.1) is 0 Å². The van der Waals surface area contributed by atoms with E-state index in [1.165, 1.54) is 0 Å². The first kappa shape index (κ1) is 20.2. The van der Waals surface area contributed by atoms with Crippen LogP contribution >= 0.6 is 0 Å². The van der Waals surface area contributed by atoms with Crippen molar-refractivity contribution in [2.24, 2.45) is 0 Å². The number of hydrogen-bond acceptors (Lipinski definition) is 4. The molecular formula is C20H30N2O4. The van der Waals surface area contributed by atoms with Crippen LogP contribution in [0, 0.1) is 13.8 Å². The van der Waals surface area contributed by atoms with Crippen LogP contribution in [0.4, 0.5) is 4.79 Å². The van der Waals surface area contributed by atoms with E-state index in [1.807, 2.05) is 32.0 Å². The third-order valence-electron chi connectivity index (χ3n) is 4.73. The molecule has 1 aliphatic rings. The summed E-state index contributed by atoms with van der Waals surface area (Å²) in [5.74, 6) is 0.00495. The highest BCUT2D eigenvalue weighted by molar-refractivity contribution is 5.79. The average Bonchev–Trinajstić information content (AvgIpc) is 2.89. The second-order valence-corrected chi connectivity index (χ2v) is 7.86. The van der Waals surface area contributed by atoms with Gasteiger partial charge in [-0.25, -0.2) is 4.79 Å². The van der Waals surface area contributed by atoms with Gasteiger partial charge >= 0.3 is 6.09 Å². The number of hydrogen-bond donors (Lipinski definition) is 2. The molecule has 1 saturated heterocycles. The lowest BCUT2D eigenvalue weighted by molar-refractivity contribution is -0.130. The maximum Gasteiger partial charge on any atom is 0.407 e. The molecule has 26 heavy (non-hydrogen) atoms. The summed E-state index contributed by atoms with van der Waals surface area (Å²) < 4.78 is 5.20. The lowest BCUT2D eigenvalue weighted by Gasteiger charge is -2.30. The second-order valence-electron chi connectivity index (χ2n) is 7.86. The molecule has 144 valence electrons. The Morgan fingerprint density at radius 2 is 2.08 bits per heavy atom. The molecule has 6 nitrogen and oxygen atoms in total. The fourth-order valence-corrected chi connectivity index (χ4v) is 3.27. The van der Waals surface area contributed by atoms with Crippen LogP contribution in [-0.4, -0.2) is 46.7 Å². The zero-order valence-corrected chi connectivity index (χ0v) is 16.3. The number of carbonyl (C=O) groups is 2. The van der Waals surface area contributed by atoms with Crippen molar-refractivity contribution in [3.63, 3.8) is 0 Å². The topological polar surface area (TPSA) is 78.9 Å². The molecule has 0 radical (unpaired) electrons. The third-order valence-corrected chi connectivity index (χ3v) is 4.73. The SMILES string of the molecule is Cc1cccc(C(O)[C@@H]2CCC(=O)N2CCNC(=O)OC(C)(C)C)c1C. The second kappa shape index (κ2) is 8.08. The number of nitrogens with one attached hydrogen (secondary N) is 1. The van der Waals surface area contributed by atoms with Crippen molar-refractivity contribution in [1.82, 2.24) is 10.2 Å². The summed E-state index contributed by atoms with van der Waals surface area (Å²) in [6, 6.07) is 5.57. The number of amides is 2. The van der Waals surface area contributed by atoms with Crippen LogP contribution in [0.3, 0.4) is 0 Å². The van der Waals surface area contributed by atoms with Gasteiger partial charge in [0.25, 0.3) is 0 Å². The van der Waals surface area contributed by atoms with Gasteiger partial charge in [-0.2, -0.15) is 0 Å². The molecule has 2 atom stereocenters. The number of benzene rings is 1. The molecule has 1 aromatic rings. The van der Waals surface area contributed by atoms with Gasteiger partial charge in [0, 0.05) is 19.5 Å². The summed E-state index contributed by atoms with van der Waals surface area (Å²) in [6.45, 7) is 10.0. The van der Waals surface area contributed by atoms with Crippen molar-refractivity contribution in [3.8, 4) is 0 Å². The van der Waals surface area contributed by atoms with E-state index in [4.69, 9.17) is 4.74 Å². The van der Waals surface area contributed by atoms with Crippen LogP contribution in [0.25, 0.3) is 0 Å². The van der Waals surface area contributed by atoms with Crippen molar-refractivity contribution in [1.29, 1.82) is 0 Å². The zero-order chi connectivity index (χ0) is 19.5. The molecule has 0 bridgehead atoms. The molecular weight excluding hydrogens is 332 g/mol. The van der Waals surface area contributed by atoms with E-state index in [0.29, 0.717) is 19.4 Å². The quantitative estimate of drug-likeness (QED) is 0.844. The maximum absolute atomic E-state index is 12.2. The molecule has 0 spiro atoms. The van der Waals surface area contributed by atoms with Gasteiger partial charge in [0.15, 0.2) is 0 Å². The fourth-order valence-electron chi connectivity index (χ4n) is 3.27. The lowest BCUT2D eigenvalue weighted by Crippen LogP contribution is -2.43. The van der Waals surface area contributed by atoms with E-state index in [1.54, 1.807) is 25.7 Å². The molecule has 2 N–H and O–H groups in total. The van der Waals surface area contributed by atoms with Crippen LogP contribution in [0.15, 0.2) is 18.2 Å². The van der Waals surface area contributed by atoms with Crippen LogP contribution in [-0.2, 0) is 9.53 Å². The summed E-state index contributed by atoms with van der Waals surface area (Å²) >= 11 is 0. The first-order chi connectivity index (χ1) is 12.1. The Hall–Kier alpha value is -2.08. The lowest BCUT2D eigenvalue weighted by atomic mass is 9.94. The van der Waals surface area contributed by atoms with E-state index in [2.05, 4.69) is 5.32 Å². The number of aliphatic hydroxyl groups is 1. The van der Waals surface area contributed by atoms with Gasteiger partial charge in [0.1, 0.15) is 5.60 Å². The van der Waals surface area contributed by atoms with Gasteiger partial charge < -0.3 is 20.1 Å². The molecule has 0 saturated carbocycles. The smallest absolute Gasteiger partial charge is 0.407 e. The Morgan fingerprint density at radius 3 is 2.73 bits per heavy atom. The van der Waals surface area contributed by atoms with E-state index < -0.39 is 17.8 Å². The Kier molecular flexibility index (Phi) is 6.29. The van der Waals surface area contributed by atoms with Crippen LogP contribution in [0.1, 0.15) is 56.4 Å². The molecule has 1 aliphatic heterocycles. The van der Waals surface area contributed by atoms with Crippen molar-refractivity contribution < 1.29 is 19.4 Å². The largest absolute Gasteiger partial charge is 0.444 e. The molecule has 1 unspecified atom stereocenters. The summed E-state index contributed by atoms with van der Waals surface area (Å²) in [6.07, 6.45) is -0.211. The number of aryl methyl sites for hydroxylation is 1. The van der Waals surface area contributed by atoms with E-state index in [9.17, 15) is 14.7 Å². The maximum atomic E-state index is 12.2. The van der Waals surface area contributed by atoms with E-state index in [0.717, 1.165) is 16.7 Å². The van der Waals surface area contributed by atoms with Gasteiger partial charge in [0.05, 0.1) is 12.1 Å². The number of alkyl carbamates (subject to hydrolysis) is 1. The number of aliphatic hydroxyl groups excluding tert-OH is 1. The first-order valence-electron chi connectivity index (χ1n) is 9.10. The highest BCUT2D eigenvalue weighted by atomic mass is 16.6. The van der Waals surface area contributed by atoms with Crippen LogP contribution in [0.5, 0.6) is 0 Å². The van der Waals surface area contributed by atoms with Crippen molar-refractivity contribution in [2.45, 2.75) is 65.2 Å². The number of ether oxygens (including phenoxy) is 1. The predicted molar refractivity (Wildman–Crippen MR) is 99.8 cm³/mol. The average molecular weight is 362 g/mol. The standard InChI is InChI=1S/C20H30N2O4/c1-13-7-6-8-15(14(13)2)18(24)16-9-10-17(23)22(16)12-11-21-19(25)26-20(3,4)5/h6-8,16,18,24H,9-12H2,1-5H3,(H,21,25)/t16-,18?/m0/s1. The number of rotatable bonds is 5. The predicted octanol–water partition coefficient (Wildman–Crippen LogP) is 2.85. The Bertz CT molecular complexity index is 666. The molecule has 0 aliphatic carbocycles. The molecule has 0 aromatic heterocycles. The number of nitrogens with zero attached hydrogens (tertiary/aromatic N) is 1. The summed E-state index contributed by atoms with van der Waals surface area (Å²) in [5, 5.41) is 13.5. The van der Waals surface area contributed by atoms with Crippen LogP contribution in [0.2, 0.25) is 0 Å². The van der Waals surface area contributed by atoms with Crippen molar-refractivity contribution >= 4 is 12.0 Å². The Morgan fingerprint density at radius 1 is 1.38 bits per heavy atom. The van der Waals surface area contributed by atoms with E-state index in [-0.39, 0.29) is 18.5 Å². The fraction of sp³-hybridized carbons (Fsp3) is 0.600. The minimum absolute atomic E-state index is 0.00495. The summed E-state index contributed by atoms with van der Waals surface area (Å²) in [7, 11) is 0. The van der Waals surface area contributed by atoms with Gasteiger partial charge in [-0.05, 0) is 57.7 Å². The minimum atomic E-state index is -0.733. The van der Waals surface area contributed by atoms with E-state index >= 15 is 0 Å². The normalized spacial score (nSPS) is 18.8. The summed E-state index contributed by atoms with van der Waals surface area (Å²) in [5.41, 5.74) is 2.46. The van der Waals surface area contributed by atoms with Gasteiger partial charge in [-0.1, -0.05) is 18.2 Å². The van der Waals surface area contributed by atoms with Gasteiger partial charge in [-0.3, -0.25) is 4.79 Å². The molecule has 1 heterocycles. The highest BCUT2D eigenvalue weighted by Gasteiger charge is 2.36. The van der Waals surface area contributed by atoms with Crippen LogP contribution < -0.4 is 5.32 Å². The molecule has 6 heteroatoms. The Labute approximate surface area is 155 Å². The first-order valence-corrected chi connectivity index (χ1v) is 9.10. The van der Waals surface area contributed by atoms with Gasteiger partial charge in [0.2, 0.25) is 5.91 Å².